The van der Waals surface area contributed by atoms with Crippen molar-refractivity contribution in [2.24, 2.45) is 0 Å². The fourth-order valence-corrected chi connectivity index (χ4v) is 0.372. The molecule has 0 fully saturated rings. The molecule has 0 aromatic carbocycles. The highest BCUT2D eigenvalue weighted by molar-refractivity contribution is 4.55. The van der Waals surface area contributed by atoms with E-state index >= 15 is 0 Å². The first kappa shape index (κ1) is 7.92. The van der Waals surface area contributed by atoms with Crippen molar-refractivity contribution >= 4 is 0 Å². The van der Waals surface area contributed by atoms with E-state index in [9.17, 15) is 0 Å². The maximum absolute atomic E-state index is 4.69. The van der Waals surface area contributed by atoms with E-state index in [1.54, 1.807) is 27.4 Å². The van der Waals surface area contributed by atoms with Gasteiger partial charge in [-0.1, -0.05) is 0 Å². The molecule has 0 amide bonds. The Morgan fingerprint density at radius 3 is 1.62 bits per heavy atom. The summed E-state index contributed by atoms with van der Waals surface area (Å²) in [5.41, 5.74) is 0. The number of hydrogen-bond acceptors (Lipinski definition) is 2. The summed E-state index contributed by atoms with van der Waals surface area (Å²) in [6.45, 7) is 3.49. The molecule has 0 aliphatic rings. The molecule has 2 radical (unpaired) electrons. The highest BCUT2D eigenvalue weighted by Crippen LogP contribution is 1.96. The van der Waals surface area contributed by atoms with Crippen molar-refractivity contribution in [2.45, 2.75) is 12.8 Å². The van der Waals surface area contributed by atoms with E-state index in [2.05, 4.69) is 9.47 Å². The Morgan fingerprint density at radius 2 is 1.38 bits per heavy atom. The van der Waals surface area contributed by atoms with E-state index in [1.807, 2.05) is 0 Å². The molecule has 0 aliphatic heterocycles. The Bertz CT molecular complexity index is 31.5. The van der Waals surface area contributed by atoms with Crippen molar-refractivity contribution in [1.29, 1.82) is 0 Å². The Hall–Kier alpha value is -0.0800. The van der Waals surface area contributed by atoms with Crippen LogP contribution in [0, 0.1) is 13.2 Å². The van der Waals surface area contributed by atoms with Crippen LogP contribution in [0.1, 0.15) is 12.8 Å². The maximum atomic E-state index is 4.69. The lowest BCUT2D eigenvalue weighted by molar-refractivity contribution is 0.237. The molecule has 0 unspecified atom stereocenters. The quantitative estimate of drug-likeness (QED) is 0.505. The molecule has 0 rings (SSSR count). The van der Waals surface area contributed by atoms with Gasteiger partial charge in [-0.25, -0.2) is 0 Å². The molecule has 48 valence electrons. The molecule has 2 heteroatoms. The summed E-state index contributed by atoms with van der Waals surface area (Å²) in [7, 11) is 3.29. The third-order valence-electron chi connectivity index (χ3n) is 0.736. The Balaban J connectivity index is 2.53. The first-order valence-electron chi connectivity index (χ1n) is 2.60. The van der Waals surface area contributed by atoms with Crippen molar-refractivity contribution in [3.05, 3.63) is 13.2 Å². The van der Waals surface area contributed by atoms with E-state index in [-0.39, 0.29) is 0 Å². The molecule has 0 heterocycles. The van der Waals surface area contributed by atoms with E-state index in [0.717, 1.165) is 12.8 Å². The summed E-state index contributed by atoms with van der Waals surface area (Å²) in [5, 5.41) is 0. The monoisotopic (exact) mass is 116 g/mol. The molecule has 0 atom stereocenters. The van der Waals surface area contributed by atoms with Gasteiger partial charge in [-0.05, 0) is 12.8 Å². The van der Waals surface area contributed by atoms with Crippen LogP contribution in [0.25, 0.3) is 0 Å². The van der Waals surface area contributed by atoms with Crippen molar-refractivity contribution < 1.29 is 9.47 Å². The van der Waals surface area contributed by atoms with Gasteiger partial charge in [-0.2, -0.15) is 0 Å². The molecule has 0 aromatic rings. The number of hydrogen-bond donors (Lipinski definition) is 0. The van der Waals surface area contributed by atoms with E-state index in [1.165, 1.54) is 0 Å². The lowest BCUT2D eigenvalue weighted by Crippen LogP contribution is -1.83. The standard InChI is InChI=1S/C6H12O2/c1-7-5-3-4-6-8-2/h5-6H,3-4H2,1-2H3. The number of methoxy groups -OCH3 is 2. The first-order valence-corrected chi connectivity index (χ1v) is 2.60. The third-order valence-corrected chi connectivity index (χ3v) is 0.736. The summed E-state index contributed by atoms with van der Waals surface area (Å²) >= 11 is 0. The summed E-state index contributed by atoms with van der Waals surface area (Å²) < 4.78 is 9.38. The zero-order chi connectivity index (χ0) is 6.24. The van der Waals surface area contributed by atoms with E-state index in [4.69, 9.17) is 0 Å². The van der Waals surface area contributed by atoms with Gasteiger partial charge in [0, 0.05) is 14.2 Å². The number of ether oxygens (including phenoxy) is 2. The van der Waals surface area contributed by atoms with Crippen LogP contribution in [0.2, 0.25) is 0 Å². The molecule has 0 saturated carbocycles. The smallest absolute Gasteiger partial charge is 0.0833 e. The average Bonchev–Trinajstić information content (AvgIpc) is 1.81. The van der Waals surface area contributed by atoms with Gasteiger partial charge in [-0.15, -0.1) is 0 Å². The normalized spacial score (nSPS) is 9.75. The van der Waals surface area contributed by atoms with Crippen LogP contribution in [0.15, 0.2) is 0 Å². The topological polar surface area (TPSA) is 18.5 Å². The third kappa shape index (κ3) is 5.92. The maximum Gasteiger partial charge on any atom is 0.0833 e. The molecule has 0 aliphatic carbocycles. The number of rotatable bonds is 5. The van der Waals surface area contributed by atoms with E-state index < -0.39 is 0 Å². The lowest BCUT2D eigenvalue weighted by atomic mass is 10.3. The van der Waals surface area contributed by atoms with Gasteiger partial charge < -0.3 is 9.47 Å². The minimum absolute atomic E-state index is 0.921. The Labute approximate surface area is 50.8 Å². The Morgan fingerprint density at radius 1 is 1.00 bits per heavy atom. The zero-order valence-corrected chi connectivity index (χ0v) is 5.39. The van der Waals surface area contributed by atoms with Crippen LogP contribution in [0.3, 0.4) is 0 Å². The average molecular weight is 116 g/mol. The zero-order valence-electron chi connectivity index (χ0n) is 5.39. The van der Waals surface area contributed by atoms with Crippen molar-refractivity contribution in [2.75, 3.05) is 14.2 Å². The fraction of sp³-hybridized carbons (Fsp3) is 0.667. The molecule has 0 aromatic heterocycles. The van der Waals surface area contributed by atoms with Crippen LogP contribution in [-0.4, -0.2) is 14.2 Å². The van der Waals surface area contributed by atoms with Crippen LogP contribution < -0.4 is 0 Å². The molecule has 8 heavy (non-hydrogen) atoms. The highest BCUT2D eigenvalue weighted by atomic mass is 16.5. The van der Waals surface area contributed by atoms with Gasteiger partial charge in [0.1, 0.15) is 0 Å². The van der Waals surface area contributed by atoms with Crippen molar-refractivity contribution in [1.82, 2.24) is 0 Å². The predicted molar refractivity (Wildman–Crippen MR) is 31.9 cm³/mol. The molecule has 0 N–H and O–H groups in total. The van der Waals surface area contributed by atoms with Crippen LogP contribution in [0.5, 0.6) is 0 Å². The molecular formula is C6H12O2. The summed E-state index contributed by atoms with van der Waals surface area (Å²) in [4.78, 5) is 0. The summed E-state index contributed by atoms with van der Waals surface area (Å²) in [6, 6.07) is 0. The summed E-state index contributed by atoms with van der Waals surface area (Å²) in [6.07, 6.45) is 1.84. The van der Waals surface area contributed by atoms with Crippen LogP contribution >= 0.6 is 0 Å². The van der Waals surface area contributed by atoms with Gasteiger partial charge in [-0.3, -0.25) is 0 Å². The minimum Gasteiger partial charge on any atom is -0.379 e. The molecule has 0 saturated heterocycles. The van der Waals surface area contributed by atoms with Gasteiger partial charge >= 0.3 is 0 Å². The van der Waals surface area contributed by atoms with Gasteiger partial charge in [0.15, 0.2) is 0 Å². The molecule has 2 nitrogen and oxygen atoms in total. The SMILES string of the molecule is CO[CH]CC[CH]OC. The van der Waals surface area contributed by atoms with Crippen molar-refractivity contribution in [3.63, 3.8) is 0 Å². The van der Waals surface area contributed by atoms with Gasteiger partial charge in [0.25, 0.3) is 0 Å². The second-order valence-electron chi connectivity index (χ2n) is 1.38. The lowest BCUT2D eigenvalue weighted by Gasteiger charge is -1.94. The Kier molecular flexibility index (Phi) is 6.85. The van der Waals surface area contributed by atoms with Gasteiger partial charge in [0.05, 0.1) is 13.2 Å². The van der Waals surface area contributed by atoms with Crippen LogP contribution in [0.4, 0.5) is 0 Å². The van der Waals surface area contributed by atoms with Gasteiger partial charge in [0.2, 0.25) is 0 Å². The second kappa shape index (κ2) is 6.92. The molecule has 0 bridgehead atoms. The molecule has 0 spiro atoms. The van der Waals surface area contributed by atoms with Crippen LogP contribution in [-0.2, 0) is 9.47 Å². The highest BCUT2D eigenvalue weighted by Gasteiger charge is 1.85. The molecular weight excluding hydrogens is 104 g/mol. The first-order chi connectivity index (χ1) is 3.91. The minimum atomic E-state index is 0.921. The summed E-state index contributed by atoms with van der Waals surface area (Å²) in [5.74, 6) is 0. The fourth-order valence-electron chi connectivity index (χ4n) is 0.372. The van der Waals surface area contributed by atoms with E-state index in [0.29, 0.717) is 0 Å². The number of unbranched alkanes of at least 4 members (excludes halogenated alkanes) is 1. The van der Waals surface area contributed by atoms with Crippen molar-refractivity contribution in [3.8, 4) is 0 Å². The predicted octanol–water partition coefficient (Wildman–Crippen LogP) is 1.38. The largest absolute Gasteiger partial charge is 0.379 e. The second-order valence-corrected chi connectivity index (χ2v) is 1.38.